The Kier molecular flexibility index (Phi) is 8.31. The molecule has 5 rings (SSSR count). The van der Waals surface area contributed by atoms with Crippen LogP contribution < -0.4 is 5.32 Å². The van der Waals surface area contributed by atoms with Crippen molar-refractivity contribution in [1.82, 2.24) is 14.8 Å². The van der Waals surface area contributed by atoms with E-state index in [0.717, 1.165) is 42.3 Å². The molecule has 0 aliphatic carbocycles. The number of carbonyl (C=O) groups is 2. The average molecular weight is 660 g/mol. The number of thioether (sulfide) groups is 1. The molecule has 0 unspecified atom stereocenters. The number of fused-ring (bicyclic) bond motifs is 1. The van der Waals surface area contributed by atoms with E-state index in [1.54, 1.807) is 47.4 Å². The van der Waals surface area contributed by atoms with Gasteiger partial charge in [-0.25, -0.2) is 4.98 Å². The van der Waals surface area contributed by atoms with Crippen LogP contribution in [0.4, 0.5) is 5.69 Å². The maximum atomic E-state index is 13.2. The topological polar surface area (TPSA) is 65.5 Å². The van der Waals surface area contributed by atoms with Gasteiger partial charge in [-0.05, 0) is 55.1 Å². The van der Waals surface area contributed by atoms with Gasteiger partial charge >= 0.3 is 0 Å². The van der Waals surface area contributed by atoms with Crippen LogP contribution in [-0.4, -0.2) is 59.8 Å². The Morgan fingerprint density at radius 1 is 1.00 bits per heavy atom. The van der Waals surface area contributed by atoms with E-state index in [1.807, 2.05) is 42.3 Å². The van der Waals surface area contributed by atoms with Gasteiger partial charge in [-0.15, -0.1) is 11.3 Å². The Balaban J connectivity index is 1.29. The Morgan fingerprint density at radius 2 is 1.76 bits per heavy atom. The van der Waals surface area contributed by atoms with Crippen LogP contribution in [0.1, 0.15) is 26.3 Å². The predicted molar refractivity (Wildman–Crippen MR) is 159 cm³/mol. The molecule has 0 atom stereocenters. The van der Waals surface area contributed by atoms with E-state index in [4.69, 9.17) is 4.98 Å². The second-order valence-corrected chi connectivity index (χ2v) is 12.8. The van der Waals surface area contributed by atoms with Crippen molar-refractivity contribution in [2.45, 2.75) is 10.1 Å². The molecule has 1 N–H and O–H groups in total. The number of halogens is 2. The van der Waals surface area contributed by atoms with Gasteiger partial charge in [0.2, 0.25) is 0 Å². The number of hydrogen-bond donors (Lipinski definition) is 1. The second kappa shape index (κ2) is 11.7. The van der Waals surface area contributed by atoms with E-state index in [2.05, 4.69) is 48.1 Å². The molecule has 1 fully saturated rings. The van der Waals surface area contributed by atoms with Gasteiger partial charge in [-0.2, -0.15) is 0 Å². The van der Waals surface area contributed by atoms with Gasteiger partial charge in [0.1, 0.15) is 0 Å². The van der Waals surface area contributed by atoms with E-state index in [0.29, 0.717) is 29.9 Å². The summed E-state index contributed by atoms with van der Waals surface area (Å²) in [5.74, 6) is 0.405. The van der Waals surface area contributed by atoms with Crippen molar-refractivity contribution in [3.63, 3.8) is 0 Å². The van der Waals surface area contributed by atoms with Crippen LogP contribution in [-0.2, 0) is 5.75 Å². The van der Waals surface area contributed by atoms with E-state index in [1.165, 1.54) is 5.56 Å². The van der Waals surface area contributed by atoms with Crippen molar-refractivity contribution in [3.05, 3.63) is 86.3 Å². The van der Waals surface area contributed by atoms with Gasteiger partial charge < -0.3 is 15.1 Å². The molecule has 6 nitrogen and oxygen atoms in total. The lowest BCUT2D eigenvalue weighted by atomic mass is 10.0. The lowest BCUT2D eigenvalue weighted by Gasteiger charge is -2.32. The fourth-order valence-electron chi connectivity index (χ4n) is 4.07. The lowest BCUT2D eigenvalue weighted by molar-refractivity contribution is 0.0660. The van der Waals surface area contributed by atoms with E-state index < -0.39 is 0 Å². The molecular weight excluding hydrogens is 636 g/mol. The monoisotopic (exact) mass is 658 g/mol. The molecule has 0 bridgehead atoms. The number of nitrogens with one attached hydrogen (secondary N) is 1. The summed E-state index contributed by atoms with van der Waals surface area (Å²) in [6, 6.07) is 18.9. The van der Waals surface area contributed by atoms with Crippen LogP contribution in [0.5, 0.6) is 0 Å². The van der Waals surface area contributed by atoms with Crippen LogP contribution in [0.25, 0.3) is 10.2 Å². The molecule has 2 amide bonds. The second-order valence-electron chi connectivity index (χ2n) is 8.78. The van der Waals surface area contributed by atoms with Crippen LogP contribution >= 0.6 is 55.0 Å². The molecule has 4 aromatic rings. The normalized spacial score (nSPS) is 14.2. The molecule has 37 heavy (non-hydrogen) atoms. The van der Waals surface area contributed by atoms with E-state index in [-0.39, 0.29) is 11.8 Å². The third-order valence-electron chi connectivity index (χ3n) is 6.19. The van der Waals surface area contributed by atoms with Crippen molar-refractivity contribution < 1.29 is 9.59 Å². The number of piperazine rings is 1. The summed E-state index contributed by atoms with van der Waals surface area (Å²) >= 11 is 10.4. The molecule has 0 spiro atoms. The van der Waals surface area contributed by atoms with Crippen LogP contribution in [0, 0.1) is 0 Å². The first-order chi connectivity index (χ1) is 17.9. The molecule has 190 valence electrons. The summed E-state index contributed by atoms with van der Waals surface area (Å²) in [7, 11) is 2.05. The van der Waals surface area contributed by atoms with Crippen molar-refractivity contribution in [2.24, 2.45) is 0 Å². The standard InChI is InChI=1S/C27H24Br2N4O2S2/c1-32-10-12-33(13-11-32)26(35)21-5-3-2-4-20(21)25(34)30-19-8-9-23-24(15-19)37-27(31-23)36-16-17-6-7-18(28)14-22(17)29/h2-9,14-15H,10-13,16H2,1H3,(H,30,34). The Bertz CT molecular complexity index is 1470. The highest BCUT2D eigenvalue weighted by atomic mass is 79.9. The zero-order valence-corrected chi connectivity index (χ0v) is 24.8. The predicted octanol–water partition coefficient (Wildman–Crippen LogP) is 6.75. The summed E-state index contributed by atoms with van der Waals surface area (Å²) in [5.41, 5.74) is 3.58. The quantitative estimate of drug-likeness (QED) is 0.232. The number of amides is 2. The zero-order valence-electron chi connectivity index (χ0n) is 20.0. The number of nitrogens with zero attached hydrogens (tertiary/aromatic N) is 3. The van der Waals surface area contributed by atoms with Crippen molar-refractivity contribution in [2.75, 3.05) is 38.5 Å². The summed E-state index contributed by atoms with van der Waals surface area (Å²) in [6.45, 7) is 2.98. The fraction of sp³-hybridized carbons (Fsp3) is 0.222. The molecule has 1 aliphatic rings. The van der Waals surface area contributed by atoms with Crippen molar-refractivity contribution in [3.8, 4) is 0 Å². The Labute approximate surface area is 240 Å². The number of thiazole rings is 1. The SMILES string of the molecule is CN1CCN(C(=O)c2ccccc2C(=O)Nc2ccc3nc(SCc4ccc(Br)cc4Br)sc3c2)CC1. The number of rotatable bonds is 6. The summed E-state index contributed by atoms with van der Waals surface area (Å²) in [4.78, 5) is 35.1. The number of aromatic nitrogens is 1. The molecule has 2 heterocycles. The first-order valence-corrected chi connectivity index (χ1v) is 15.1. The number of likely N-dealkylation sites (N-methyl/N-ethyl adjacent to an activating group) is 1. The van der Waals surface area contributed by atoms with Gasteiger partial charge in [0.25, 0.3) is 11.8 Å². The molecule has 3 aromatic carbocycles. The largest absolute Gasteiger partial charge is 0.336 e. The Hall–Kier alpha value is -2.24. The number of anilines is 1. The molecule has 1 aromatic heterocycles. The molecular formula is C27H24Br2N4O2S2. The maximum Gasteiger partial charge on any atom is 0.256 e. The third kappa shape index (κ3) is 6.26. The fourth-order valence-corrected chi connectivity index (χ4v) is 7.55. The van der Waals surface area contributed by atoms with E-state index in [9.17, 15) is 9.59 Å². The molecule has 1 aliphatic heterocycles. The van der Waals surface area contributed by atoms with Gasteiger partial charge in [-0.3, -0.25) is 9.59 Å². The number of carbonyl (C=O) groups excluding carboxylic acids is 2. The van der Waals surface area contributed by atoms with E-state index >= 15 is 0 Å². The highest BCUT2D eigenvalue weighted by Crippen LogP contribution is 2.35. The van der Waals surface area contributed by atoms with Crippen LogP contribution in [0.2, 0.25) is 0 Å². The first-order valence-electron chi connectivity index (χ1n) is 11.7. The first kappa shape index (κ1) is 26.4. The molecule has 0 radical (unpaired) electrons. The highest BCUT2D eigenvalue weighted by molar-refractivity contribution is 9.11. The maximum absolute atomic E-state index is 13.2. The number of benzene rings is 3. The third-order valence-corrected chi connectivity index (χ3v) is 9.63. The van der Waals surface area contributed by atoms with Crippen molar-refractivity contribution in [1.29, 1.82) is 0 Å². The minimum absolute atomic E-state index is 0.101. The van der Waals surface area contributed by atoms with Crippen LogP contribution in [0.3, 0.4) is 0 Å². The van der Waals surface area contributed by atoms with Gasteiger partial charge in [0.15, 0.2) is 4.34 Å². The summed E-state index contributed by atoms with van der Waals surface area (Å²) < 4.78 is 4.06. The zero-order chi connectivity index (χ0) is 25.9. The smallest absolute Gasteiger partial charge is 0.256 e. The Morgan fingerprint density at radius 3 is 2.51 bits per heavy atom. The van der Waals surface area contributed by atoms with Gasteiger partial charge in [0, 0.05) is 46.6 Å². The lowest BCUT2D eigenvalue weighted by Crippen LogP contribution is -2.47. The molecule has 1 saturated heterocycles. The number of hydrogen-bond acceptors (Lipinski definition) is 6. The van der Waals surface area contributed by atoms with Crippen molar-refractivity contribution >= 4 is 82.7 Å². The highest BCUT2D eigenvalue weighted by Gasteiger charge is 2.24. The summed E-state index contributed by atoms with van der Waals surface area (Å²) in [5, 5.41) is 2.98. The van der Waals surface area contributed by atoms with Crippen LogP contribution in [0.15, 0.2) is 73.9 Å². The summed E-state index contributed by atoms with van der Waals surface area (Å²) in [6.07, 6.45) is 0. The molecule has 0 saturated carbocycles. The minimum Gasteiger partial charge on any atom is -0.336 e. The molecule has 10 heteroatoms. The minimum atomic E-state index is -0.295. The average Bonchev–Trinajstić information content (AvgIpc) is 3.30. The van der Waals surface area contributed by atoms with Gasteiger partial charge in [0.05, 0.1) is 21.3 Å². The van der Waals surface area contributed by atoms with Gasteiger partial charge in [-0.1, -0.05) is 61.8 Å².